The SMILES string of the molecule is CCOc1cccc2sc(N3CCN(C(=O)c4ccc(C#N)cc4)CC3)nc12. The van der Waals surface area contributed by atoms with E-state index in [1.165, 1.54) is 0 Å². The highest BCUT2D eigenvalue weighted by Gasteiger charge is 2.24. The number of hydrogen-bond acceptors (Lipinski definition) is 6. The van der Waals surface area contributed by atoms with Crippen LogP contribution in [-0.4, -0.2) is 48.6 Å². The van der Waals surface area contributed by atoms with Gasteiger partial charge in [-0.15, -0.1) is 0 Å². The number of hydrogen-bond donors (Lipinski definition) is 0. The maximum Gasteiger partial charge on any atom is 0.253 e. The van der Waals surface area contributed by atoms with Crippen LogP contribution in [0.2, 0.25) is 0 Å². The first-order valence-corrected chi connectivity index (χ1v) is 10.1. The number of carbonyl (C=O) groups excluding carboxylic acids is 1. The lowest BCUT2D eigenvalue weighted by molar-refractivity contribution is 0.0747. The first-order valence-electron chi connectivity index (χ1n) is 9.26. The standard InChI is InChI=1S/C21H20N4O2S/c1-2-27-17-4-3-5-18-19(17)23-21(28-18)25-12-10-24(11-13-25)20(26)16-8-6-15(14-22)7-9-16/h3-9H,2,10-13H2,1H3. The highest BCUT2D eigenvalue weighted by Crippen LogP contribution is 2.34. The second kappa shape index (κ2) is 7.87. The van der Waals surface area contributed by atoms with Gasteiger partial charge in [0, 0.05) is 31.7 Å². The molecule has 1 amide bonds. The van der Waals surface area contributed by atoms with E-state index in [0.29, 0.717) is 30.8 Å². The fourth-order valence-electron chi connectivity index (χ4n) is 3.29. The van der Waals surface area contributed by atoms with Crippen molar-refractivity contribution < 1.29 is 9.53 Å². The van der Waals surface area contributed by atoms with E-state index >= 15 is 0 Å². The third kappa shape index (κ3) is 3.51. The molecule has 0 N–H and O–H groups in total. The number of carbonyl (C=O) groups is 1. The van der Waals surface area contributed by atoms with Crippen molar-refractivity contribution in [1.29, 1.82) is 5.26 Å². The molecule has 0 bridgehead atoms. The van der Waals surface area contributed by atoms with Gasteiger partial charge in [0.25, 0.3) is 5.91 Å². The molecule has 28 heavy (non-hydrogen) atoms. The van der Waals surface area contributed by atoms with E-state index in [1.54, 1.807) is 35.6 Å². The number of anilines is 1. The molecule has 0 radical (unpaired) electrons. The number of piperazine rings is 1. The number of benzene rings is 2. The first-order chi connectivity index (χ1) is 13.7. The maximum atomic E-state index is 12.7. The summed E-state index contributed by atoms with van der Waals surface area (Å²) in [7, 11) is 0. The summed E-state index contributed by atoms with van der Waals surface area (Å²) in [5.74, 6) is 0.823. The lowest BCUT2D eigenvalue weighted by atomic mass is 10.1. The maximum absolute atomic E-state index is 12.7. The molecule has 142 valence electrons. The molecule has 2 heterocycles. The van der Waals surface area contributed by atoms with Gasteiger partial charge in [0.05, 0.1) is 22.9 Å². The number of nitrogens with zero attached hydrogens (tertiary/aromatic N) is 4. The number of para-hydroxylation sites is 1. The topological polar surface area (TPSA) is 69.5 Å². The quantitative estimate of drug-likeness (QED) is 0.679. The summed E-state index contributed by atoms with van der Waals surface area (Å²) in [5, 5.41) is 9.85. The van der Waals surface area contributed by atoms with Gasteiger partial charge in [0.15, 0.2) is 5.13 Å². The minimum Gasteiger partial charge on any atom is -0.492 e. The molecular formula is C21H20N4O2S. The van der Waals surface area contributed by atoms with Crippen molar-refractivity contribution in [2.45, 2.75) is 6.92 Å². The number of rotatable bonds is 4. The van der Waals surface area contributed by atoms with Crippen LogP contribution >= 0.6 is 11.3 Å². The fourth-order valence-corrected chi connectivity index (χ4v) is 4.32. The van der Waals surface area contributed by atoms with Crippen molar-refractivity contribution in [2.75, 3.05) is 37.7 Å². The highest BCUT2D eigenvalue weighted by atomic mass is 32.1. The molecule has 1 aliphatic rings. The number of amides is 1. The fraction of sp³-hybridized carbons (Fsp3) is 0.286. The Bertz CT molecular complexity index is 1030. The van der Waals surface area contributed by atoms with E-state index in [1.807, 2.05) is 24.0 Å². The highest BCUT2D eigenvalue weighted by molar-refractivity contribution is 7.22. The Morgan fingerprint density at radius 2 is 1.93 bits per heavy atom. The largest absolute Gasteiger partial charge is 0.492 e. The predicted molar refractivity (Wildman–Crippen MR) is 110 cm³/mol. The van der Waals surface area contributed by atoms with E-state index in [9.17, 15) is 4.79 Å². The van der Waals surface area contributed by atoms with Gasteiger partial charge < -0.3 is 14.5 Å². The zero-order valence-corrected chi connectivity index (χ0v) is 16.4. The van der Waals surface area contributed by atoms with E-state index in [-0.39, 0.29) is 5.91 Å². The van der Waals surface area contributed by atoms with Crippen LogP contribution in [0.25, 0.3) is 10.2 Å². The van der Waals surface area contributed by atoms with Crippen LogP contribution in [-0.2, 0) is 0 Å². The van der Waals surface area contributed by atoms with E-state index in [4.69, 9.17) is 15.0 Å². The van der Waals surface area contributed by atoms with Crippen LogP contribution in [0, 0.1) is 11.3 Å². The summed E-state index contributed by atoms with van der Waals surface area (Å²) >= 11 is 1.65. The van der Waals surface area contributed by atoms with Crippen LogP contribution in [0.15, 0.2) is 42.5 Å². The van der Waals surface area contributed by atoms with Crippen LogP contribution in [0.1, 0.15) is 22.8 Å². The number of ether oxygens (including phenoxy) is 1. The molecule has 3 aromatic rings. The lowest BCUT2D eigenvalue weighted by Gasteiger charge is -2.34. The van der Waals surface area contributed by atoms with Crippen LogP contribution in [0.5, 0.6) is 5.75 Å². The third-order valence-corrected chi connectivity index (χ3v) is 5.85. The summed E-state index contributed by atoms with van der Waals surface area (Å²) < 4.78 is 6.79. The van der Waals surface area contributed by atoms with Crippen molar-refractivity contribution in [3.05, 3.63) is 53.6 Å². The van der Waals surface area contributed by atoms with E-state index in [2.05, 4.69) is 17.0 Å². The third-order valence-electron chi connectivity index (χ3n) is 4.77. The minimum absolute atomic E-state index is 0.00655. The molecular weight excluding hydrogens is 372 g/mol. The van der Waals surface area contributed by atoms with Crippen molar-refractivity contribution in [3.63, 3.8) is 0 Å². The summed E-state index contributed by atoms with van der Waals surface area (Å²) in [6.45, 7) is 5.36. The summed E-state index contributed by atoms with van der Waals surface area (Å²) in [5.41, 5.74) is 2.08. The van der Waals surface area contributed by atoms with Gasteiger partial charge in [0.2, 0.25) is 0 Å². The van der Waals surface area contributed by atoms with Gasteiger partial charge in [-0.2, -0.15) is 5.26 Å². The Labute approximate surface area is 167 Å². The van der Waals surface area contributed by atoms with Crippen LogP contribution < -0.4 is 9.64 Å². The van der Waals surface area contributed by atoms with Gasteiger partial charge in [-0.05, 0) is 43.3 Å². The Morgan fingerprint density at radius 3 is 2.61 bits per heavy atom. The summed E-state index contributed by atoms with van der Waals surface area (Å²) in [6.07, 6.45) is 0. The molecule has 1 aromatic heterocycles. The normalized spacial score (nSPS) is 14.1. The van der Waals surface area contributed by atoms with Crippen LogP contribution in [0.4, 0.5) is 5.13 Å². The Hall–Kier alpha value is -3.11. The van der Waals surface area contributed by atoms with Crippen molar-refractivity contribution >= 4 is 32.6 Å². The predicted octanol–water partition coefficient (Wildman–Crippen LogP) is 3.53. The minimum atomic E-state index is 0.00655. The average molecular weight is 392 g/mol. The van der Waals surface area contributed by atoms with Gasteiger partial charge in [0.1, 0.15) is 11.3 Å². The zero-order chi connectivity index (χ0) is 19.5. The van der Waals surface area contributed by atoms with E-state index < -0.39 is 0 Å². The molecule has 0 spiro atoms. The molecule has 0 unspecified atom stereocenters. The molecule has 0 aliphatic carbocycles. The lowest BCUT2D eigenvalue weighted by Crippen LogP contribution is -2.48. The number of thiazole rings is 1. The number of aromatic nitrogens is 1. The first kappa shape index (κ1) is 18.3. The number of fused-ring (bicyclic) bond motifs is 1. The van der Waals surface area contributed by atoms with Gasteiger partial charge in [-0.1, -0.05) is 17.4 Å². The van der Waals surface area contributed by atoms with Gasteiger partial charge in [-0.3, -0.25) is 4.79 Å². The van der Waals surface area contributed by atoms with Crippen molar-refractivity contribution in [2.24, 2.45) is 0 Å². The molecule has 0 atom stereocenters. The Morgan fingerprint density at radius 1 is 1.18 bits per heavy atom. The summed E-state index contributed by atoms with van der Waals surface area (Å²) in [6, 6.07) is 14.9. The van der Waals surface area contributed by atoms with Crippen molar-refractivity contribution in [3.8, 4) is 11.8 Å². The molecule has 2 aromatic carbocycles. The molecule has 1 aliphatic heterocycles. The molecule has 6 nitrogen and oxygen atoms in total. The van der Waals surface area contributed by atoms with Gasteiger partial charge in [-0.25, -0.2) is 4.98 Å². The second-order valence-electron chi connectivity index (χ2n) is 6.50. The smallest absolute Gasteiger partial charge is 0.253 e. The van der Waals surface area contributed by atoms with E-state index in [0.717, 1.165) is 34.2 Å². The molecule has 4 rings (SSSR count). The monoisotopic (exact) mass is 392 g/mol. The average Bonchev–Trinajstić information content (AvgIpc) is 3.19. The Kier molecular flexibility index (Phi) is 5.13. The molecule has 0 saturated carbocycles. The second-order valence-corrected chi connectivity index (χ2v) is 7.51. The van der Waals surface area contributed by atoms with Crippen molar-refractivity contribution in [1.82, 2.24) is 9.88 Å². The summed E-state index contributed by atoms with van der Waals surface area (Å²) in [4.78, 5) is 21.6. The number of nitriles is 1. The Balaban J connectivity index is 1.45. The van der Waals surface area contributed by atoms with Gasteiger partial charge >= 0.3 is 0 Å². The molecule has 1 fully saturated rings. The molecule has 1 saturated heterocycles. The zero-order valence-electron chi connectivity index (χ0n) is 15.6. The van der Waals surface area contributed by atoms with Crippen LogP contribution in [0.3, 0.4) is 0 Å². The molecule has 7 heteroatoms.